The Hall–Kier alpha value is -1.40. The van der Waals surface area contributed by atoms with Gasteiger partial charge in [0, 0.05) is 19.1 Å². The third-order valence-electron chi connectivity index (χ3n) is 3.26. The van der Waals surface area contributed by atoms with Gasteiger partial charge in [-0.2, -0.15) is 0 Å². The molecule has 1 aromatic heterocycles. The molecule has 2 aromatic rings. The highest BCUT2D eigenvalue weighted by atomic mass is 79.9. The summed E-state index contributed by atoms with van der Waals surface area (Å²) < 4.78 is 8.10. The summed E-state index contributed by atoms with van der Waals surface area (Å²) in [6, 6.07) is 6.34. The average Bonchev–Trinajstić information content (AvgIpc) is 2.92. The number of methoxy groups -OCH3 is 1. The van der Waals surface area contributed by atoms with Crippen LogP contribution in [0.3, 0.4) is 0 Å². The van der Waals surface area contributed by atoms with Gasteiger partial charge in [-0.05, 0) is 47.5 Å². The number of benzene rings is 1. The molecule has 1 atom stereocenters. The first kappa shape index (κ1) is 15.0. The predicted octanol–water partition coefficient (Wildman–Crippen LogP) is 2.92. The van der Waals surface area contributed by atoms with Crippen LogP contribution >= 0.6 is 15.9 Å². The highest BCUT2D eigenvalue weighted by Gasteiger charge is 2.09. The van der Waals surface area contributed by atoms with E-state index in [2.05, 4.69) is 57.5 Å². The van der Waals surface area contributed by atoms with Crippen LogP contribution in [0.4, 0.5) is 0 Å². The van der Waals surface area contributed by atoms with E-state index in [1.165, 1.54) is 5.56 Å². The molecule has 0 aliphatic rings. The molecule has 20 heavy (non-hydrogen) atoms. The summed E-state index contributed by atoms with van der Waals surface area (Å²) in [6.07, 6.45) is 1.80. The molecule has 0 bridgehead atoms. The lowest BCUT2D eigenvalue weighted by Gasteiger charge is -2.15. The Bertz CT molecular complexity index is 570. The minimum absolute atomic E-state index is 0.234. The molecule has 1 heterocycles. The maximum atomic E-state index is 5.24. The van der Waals surface area contributed by atoms with Crippen molar-refractivity contribution in [2.24, 2.45) is 0 Å². The van der Waals surface area contributed by atoms with Gasteiger partial charge in [0.2, 0.25) is 0 Å². The van der Waals surface area contributed by atoms with Crippen LogP contribution in [-0.4, -0.2) is 22.1 Å². The minimum atomic E-state index is 0.234. The van der Waals surface area contributed by atoms with Crippen LogP contribution in [0.15, 0.2) is 28.9 Å². The lowest BCUT2D eigenvalue weighted by molar-refractivity contribution is 0.411. The molecule has 108 valence electrons. The maximum absolute atomic E-state index is 5.24. The van der Waals surface area contributed by atoms with Crippen LogP contribution in [0.2, 0.25) is 0 Å². The molecule has 1 N–H and O–H groups in total. The summed E-state index contributed by atoms with van der Waals surface area (Å²) in [4.78, 5) is 0. The predicted molar refractivity (Wildman–Crippen MR) is 81.6 cm³/mol. The summed E-state index contributed by atoms with van der Waals surface area (Å²) in [5.41, 5.74) is 2.29. The van der Waals surface area contributed by atoms with Crippen LogP contribution < -0.4 is 10.1 Å². The van der Waals surface area contributed by atoms with Crippen molar-refractivity contribution in [1.82, 2.24) is 20.3 Å². The van der Waals surface area contributed by atoms with Crippen molar-refractivity contribution in [3.63, 3.8) is 0 Å². The fourth-order valence-corrected chi connectivity index (χ4v) is 2.57. The van der Waals surface area contributed by atoms with Crippen molar-refractivity contribution >= 4 is 15.9 Å². The number of hydrogen-bond donors (Lipinski definition) is 1. The lowest BCUT2D eigenvalue weighted by atomic mass is 10.1. The Morgan fingerprint density at radius 3 is 2.90 bits per heavy atom. The lowest BCUT2D eigenvalue weighted by Crippen LogP contribution is -2.20. The zero-order valence-corrected chi connectivity index (χ0v) is 13.5. The van der Waals surface area contributed by atoms with Gasteiger partial charge in [-0.15, -0.1) is 5.10 Å². The van der Waals surface area contributed by atoms with Gasteiger partial charge >= 0.3 is 0 Å². The number of hydrogen-bond acceptors (Lipinski definition) is 4. The number of ether oxygens (including phenoxy) is 1. The molecule has 0 radical (unpaired) electrons. The standard InChI is InChI=1S/C14H19BrN4O/c1-4-19-12(9-17-18-19)8-16-10(2)11-5-6-14(20-3)13(15)7-11/h5-7,9-10,16H,4,8H2,1-3H3. The van der Waals surface area contributed by atoms with Crippen molar-refractivity contribution in [2.75, 3.05) is 7.11 Å². The van der Waals surface area contributed by atoms with Crippen molar-refractivity contribution in [2.45, 2.75) is 33.0 Å². The highest BCUT2D eigenvalue weighted by molar-refractivity contribution is 9.10. The topological polar surface area (TPSA) is 52.0 Å². The van der Waals surface area contributed by atoms with Gasteiger partial charge < -0.3 is 10.1 Å². The second kappa shape index (κ2) is 6.85. The van der Waals surface area contributed by atoms with Crippen LogP contribution in [0.5, 0.6) is 5.75 Å². The molecule has 5 nitrogen and oxygen atoms in total. The minimum Gasteiger partial charge on any atom is -0.496 e. The summed E-state index contributed by atoms with van der Waals surface area (Å²) >= 11 is 3.51. The summed E-state index contributed by atoms with van der Waals surface area (Å²) in [6.45, 7) is 5.77. The molecule has 0 saturated carbocycles. The molecule has 0 saturated heterocycles. The molecule has 6 heteroatoms. The SMILES string of the molecule is CCn1nncc1CNC(C)c1ccc(OC)c(Br)c1. The Balaban J connectivity index is 2.01. The Morgan fingerprint density at radius 1 is 1.45 bits per heavy atom. The number of rotatable bonds is 6. The first-order chi connectivity index (χ1) is 9.65. The van der Waals surface area contributed by atoms with E-state index in [-0.39, 0.29) is 6.04 Å². The largest absolute Gasteiger partial charge is 0.496 e. The number of aromatic nitrogens is 3. The van der Waals surface area contributed by atoms with Crippen molar-refractivity contribution in [3.8, 4) is 5.75 Å². The van der Waals surface area contributed by atoms with Crippen LogP contribution in [-0.2, 0) is 13.1 Å². The fourth-order valence-electron chi connectivity index (χ4n) is 2.01. The highest BCUT2D eigenvalue weighted by Crippen LogP contribution is 2.28. The van der Waals surface area contributed by atoms with Crippen molar-refractivity contribution in [1.29, 1.82) is 0 Å². The van der Waals surface area contributed by atoms with E-state index in [9.17, 15) is 0 Å². The number of nitrogens with one attached hydrogen (secondary N) is 1. The van der Waals surface area contributed by atoms with Crippen LogP contribution in [0, 0.1) is 0 Å². The number of halogens is 1. The Morgan fingerprint density at radius 2 is 2.25 bits per heavy atom. The monoisotopic (exact) mass is 338 g/mol. The quantitative estimate of drug-likeness (QED) is 0.879. The third-order valence-corrected chi connectivity index (χ3v) is 3.88. The molecule has 0 aliphatic heterocycles. The maximum Gasteiger partial charge on any atom is 0.133 e. The van der Waals surface area contributed by atoms with Gasteiger partial charge in [-0.3, -0.25) is 0 Å². The zero-order chi connectivity index (χ0) is 14.5. The van der Waals surface area contributed by atoms with E-state index in [4.69, 9.17) is 4.74 Å². The Labute approximate surface area is 127 Å². The van der Waals surface area contributed by atoms with Crippen LogP contribution in [0.1, 0.15) is 31.1 Å². The van der Waals surface area contributed by atoms with E-state index in [1.54, 1.807) is 13.3 Å². The third kappa shape index (κ3) is 3.37. The van der Waals surface area contributed by atoms with Gasteiger partial charge in [0.25, 0.3) is 0 Å². The van der Waals surface area contributed by atoms with E-state index in [0.29, 0.717) is 0 Å². The first-order valence-corrected chi connectivity index (χ1v) is 7.39. The second-order valence-corrected chi connectivity index (χ2v) is 5.39. The molecular formula is C14H19BrN4O. The molecule has 0 spiro atoms. The average molecular weight is 339 g/mol. The molecule has 0 amide bonds. The Kier molecular flexibility index (Phi) is 5.14. The summed E-state index contributed by atoms with van der Waals surface area (Å²) in [5.74, 6) is 0.842. The molecule has 2 rings (SSSR count). The van der Waals surface area contributed by atoms with Gasteiger partial charge in [-0.1, -0.05) is 11.3 Å². The van der Waals surface area contributed by atoms with E-state index >= 15 is 0 Å². The normalized spacial score (nSPS) is 12.4. The zero-order valence-electron chi connectivity index (χ0n) is 11.9. The molecule has 1 unspecified atom stereocenters. The van der Waals surface area contributed by atoms with E-state index in [1.807, 2.05) is 10.7 Å². The number of aryl methyl sites for hydroxylation is 1. The smallest absolute Gasteiger partial charge is 0.133 e. The fraction of sp³-hybridized carbons (Fsp3) is 0.429. The van der Waals surface area contributed by atoms with Gasteiger partial charge in [0.1, 0.15) is 5.75 Å². The van der Waals surface area contributed by atoms with Crippen LogP contribution in [0.25, 0.3) is 0 Å². The van der Waals surface area contributed by atoms with Gasteiger partial charge in [0.15, 0.2) is 0 Å². The first-order valence-electron chi connectivity index (χ1n) is 6.60. The summed E-state index contributed by atoms with van der Waals surface area (Å²) in [7, 11) is 1.67. The van der Waals surface area contributed by atoms with Crippen molar-refractivity contribution < 1.29 is 4.74 Å². The molecule has 0 aliphatic carbocycles. The number of nitrogens with zero attached hydrogens (tertiary/aromatic N) is 3. The van der Waals surface area contributed by atoms with Crippen molar-refractivity contribution in [3.05, 3.63) is 40.1 Å². The van der Waals surface area contributed by atoms with Gasteiger partial charge in [-0.25, -0.2) is 4.68 Å². The summed E-state index contributed by atoms with van der Waals surface area (Å²) in [5, 5.41) is 11.4. The van der Waals surface area contributed by atoms with Gasteiger partial charge in [0.05, 0.1) is 23.5 Å². The molecular weight excluding hydrogens is 320 g/mol. The second-order valence-electron chi connectivity index (χ2n) is 4.54. The van der Waals surface area contributed by atoms with E-state index in [0.717, 1.165) is 29.0 Å². The van der Waals surface area contributed by atoms with E-state index < -0.39 is 0 Å². The molecule has 0 fully saturated rings. The molecule has 1 aromatic carbocycles.